The summed E-state index contributed by atoms with van der Waals surface area (Å²) in [5.41, 5.74) is 5.97. The van der Waals surface area contributed by atoms with Crippen LogP contribution in [-0.4, -0.2) is 18.8 Å². The number of carbonyl (C=O) groups excluding carboxylic acids is 1. The molecule has 2 rings (SSSR count). The van der Waals surface area contributed by atoms with Crippen molar-refractivity contribution in [1.82, 2.24) is 5.32 Å². The number of benzene rings is 2. The van der Waals surface area contributed by atoms with Crippen molar-refractivity contribution in [2.75, 3.05) is 12.9 Å². The minimum absolute atomic E-state index is 0.0273. The fraction of sp³-hybridized carbons (Fsp3) is 0.435. The molecule has 2 aromatic carbocycles. The number of methoxy groups -OCH3 is 1. The summed E-state index contributed by atoms with van der Waals surface area (Å²) in [6.07, 6.45) is 0. The second kappa shape index (κ2) is 9.84. The van der Waals surface area contributed by atoms with Gasteiger partial charge in [0, 0.05) is 5.75 Å². The number of carbonyl (C=O) groups is 1. The van der Waals surface area contributed by atoms with Crippen molar-refractivity contribution in [3.05, 3.63) is 64.2 Å². The summed E-state index contributed by atoms with van der Waals surface area (Å²) in [5, 5.41) is 3.14. The molecule has 1 N–H and O–H groups in total. The van der Waals surface area contributed by atoms with Crippen molar-refractivity contribution < 1.29 is 9.53 Å². The van der Waals surface area contributed by atoms with Crippen LogP contribution in [0.3, 0.4) is 0 Å². The van der Waals surface area contributed by atoms with Gasteiger partial charge < -0.3 is 10.1 Å². The maximum atomic E-state index is 12.4. The van der Waals surface area contributed by atoms with Gasteiger partial charge in [-0.25, -0.2) is 0 Å². The Hall–Kier alpha value is -1.94. The topological polar surface area (TPSA) is 38.3 Å². The summed E-state index contributed by atoms with van der Waals surface area (Å²) in [6, 6.07) is 12.6. The van der Waals surface area contributed by atoms with E-state index in [9.17, 15) is 4.79 Å². The van der Waals surface area contributed by atoms with Crippen LogP contribution < -0.4 is 10.1 Å². The van der Waals surface area contributed by atoms with Crippen LogP contribution in [0.25, 0.3) is 0 Å². The van der Waals surface area contributed by atoms with Gasteiger partial charge in [-0.15, -0.1) is 11.8 Å². The lowest BCUT2D eigenvalue weighted by Crippen LogP contribution is -2.28. The molecule has 0 saturated heterocycles. The first-order chi connectivity index (χ1) is 12.8. The molecule has 0 aliphatic rings. The zero-order chi connectivity index (χ0) is 20.0. The Bertz CT molecular complexity index is 786. The highest BCUT2D eigenvalue weighted by Crippen LogP contribution is 2.32. The molecular weight excluding hydrogens is 354 g/mol. The third-order valence-corrected chi connectivity index (χ3v) is 5.67. The van der Waals surface area contributed by atoms with E-state index in [-0.39, 0.29) is 11.9 Å². The third kappa shape index (κ3) is 6.03. The number of hydrogen-bond acceptors (Lipinski definition) is 3. The summed E-state index contributed by atoms with van der Waals surface area (Å²) in [6.45, 7) is 10.5. The van der Waals surface area contributed by atoms with Crippen molar-refractivity contribution in [1.29, 1.82) is 0 Å². The summed E-state index contributed by atoms with van der Waals surface area (Å²) in [4.78, 5) is 12.4. The minimum Gasteiger partial charge on any atom is -0.496 e. The highest BCUT2D eigenvalue weighted by atomic mass is 32.2. The number of amides is 1. The molecule has 27 heavy (non-hydrogen) atoms. The van der Waals surface area contributed by atoms with E-state index in [1.165, 1.54) is 16.7 Å². The normalized spacial score (nSPS) is 12.1. The number of aryl methyl sites for hydroxylation is 2. The Morgan fingerprint density at radius 1 is 1.11 bits per heavy atom. The van der Waals surface area contributed by atoms with Crippen LogP contribution in [0.15, 0.2) is 36.4 Å². The van der Waals surface area contributed by atoms with Gasteiger partial charge in [0.2, 0.25) is 5.91 Å². The maximum Gasteiger partial charge on any atom is 0.230 e. The molecule has 0 aliphatic heterocycles. The lowest BCUT2D eigenvalue weighted by Gasteiger charge is -2.21. The summed E-state index contributed by atoms with van der Waals surface area (Å²) in [7, 11) is 1.71. The smallest absolute Gasteiger partial charge is 0.230 e. The van der Waals surface area contributed by atoms with Crippen molar-refractivity contribution >= 4 is 17.7 Å². The molecule has 0 radical (unpaired) electrons. The van der Waals surface area contributed by atoms with Crippen LogP contribution in [0.4, 0.5) is 0 Å². The second-order valence-corrected chi connectivity index (χ2v) is 8.36. The third-order valence-electron chi connectivity index (χ3n) is 4.67. The fourth-order valence-corrected chi connectivity index (χ4v) is 4.02. The van der Waals surface area contributed by atoms with Crippen molar-refractivity contribution in [3.63, 3.8) is 0 Å². The van der Waals surface area contributed by atoms with E-state index in [0.717, 1.165) is 22.6 Å². The van der Waals surface area contributed by atoms with Crippen LogP contribution >= 0.6 is 11.8 Å². The van der Waals surface area contributed by atoms with Gasteiger partial charge in [-0.05, 0) is 61.1 Å². The zero-order valence-electron chi connectivity index (χ0n) is 17.3. The van der Waals surface area contributed by atoms with Crippen LogP contribution in [0, 0.1) is 13.8 Å². The van der Waals surface area contributed by atoms with Gasteiger partial charge in [0.15, 0.2) is 0 Å². The molecule has 0 heterocycles. The lowest BCUT2D eigenvalue weighted by molar-refractivity contribution is -0.119. The molecule has 3 nitrogen and oxygen atoms in total. The predicted octanol–water partition coefficient (Wildman–Crippen LogP) is 5.55. The van der Waals surface area contributed by atoms with E-state index in [1.807, 2.05) is 6.92 Å². The summed E-state index contributed by atoms with van der Waals surface area (Å²) >= 11 is 1.65. The predicted molar refractivity (Wildman–Crippen MR) is 116 cm³/mol. The molecule has 0 bridgehead atoms. The Kier molecular flexibility index (Phi) is 7.78. The summed E-state index contributed by atoms with van der Waals surface area (Å²) < 4.78 is 5.52. The molecule has 1 atom stereocenters. The first-order valence-corrected chi connectivity index (χ1v) is 10.6. The van der Waals surface area contributed by atoms with E-state index in [2.05, 4.69) is 69.4 Å². The zero-order valence-corrected chi connectivity index (χ0v) is 18.1. The molecule has 1 amide bonds. The van der Waals surface area contributed by atoms with Crippen LogP contribution in [0.2, 0.25) is 0 Å². The Morgan fingerprint density at radius 2 is 1.85 bits per heavy atom. The molecular formula is C23H31NO2S. The number of nitrogens with one attached hydrogen (secondary N) is 1. The first-order valence-electron chi connectivity index (χ1n) is 9.43. The average Bonchev–Trinajstić information content (AvgIpc) is 2.61. The average molecular weight is 386 g/mol. The van der Waals surface area contributed by atoms with Gasteiger partial charge in [0.05, 0.1) is 18.9 Å². The van der Waals surface area contributed by atoms with E-state index in [4.69, 9.17) is 4.74 Å². The van der Waals surface area contributed by atoms with E-state index in [0.29, 0.717) is 11.7 Å². The molecule has 2 aromatic rings. The van der Waals surface area contributed by atoms with Crippen molar-refractivity contribution in [3.8, 4) is 5.75 Å². The number of ether oxygens (including phenoxy) is 1. The largest absolute Gasteiger partial charge is 0.496 e. The highest BCUT2D eigenvalue weighted by molar-refractivity contribution is 7.99. The fourth-order valence-electron chi connectivity index (χ4n) is 3.23. The molecule has 146 valence electrons. The monoisotopic (exact) mass is 385 g/mol. The molecule has 0 fully saturated rings. The van der Waals surface area contributed by atoms with Gasteiger partial charge in [-0.2, -0.15) is 0 Å². The van der Waals surface area contributed by atoms with Crippen molar-refractivity contribution in [2.24, 2.45) is 0 Å². The Morgan fingerprint density at radius 3 is 2.48 bits per heavy atom. The summed E-state index contributed by atoms with van der Waals surface area (Å²) in [5.74, 6) is 2.67. The molecule has 0 aliphatic carbocycles. The van der Waals surface area contributed by atoms with Crippen molar-refractivity contribution in [2.45, 2.75) is 52.3 Å². The van der Waals surface area contributed by atoms with Crippen LogP contribution in [0.1, 0.15) is 60.5 Å². The highest BCUT2D eigenvalue weighted by Gasteiger charge is 2.16. The van der Waals surface area contributed by atoms with E-state index in [1.54, 1.807) is 18.9 Å². The standard InChI is InChI=1S/C23H31NO2S/c1-15(2)20-12-21(17(4)11-22(20)26-6)18(5)24-23(25)14-27-13-19-9-7-8-16(3)10-19/h7-12,15,18H,13-14H2,1-6H3,(H,24,25)/t18-/m1/s1. The molecule has 0 spiro atoms. The van der Waals surface area contributed by atoms with E-state index >= 15 is 0 Å². The van der Waals surface area contributed by atoms with Crippen LogP contribution in [0.5, 0.6) is 5.75 Å². The maximum absolute atomic E-state index is 12.4. The van der Waals surface area contributed by atoms with E-state index < -0.39 is 0 Å². The molecule has 4 heteroatoms. The minimum atomic E-state index is -0.0273. The van der Waals surface area contributed by atoms with Gasteiger partial charge in [-0.1, -0.05) is 43.7 Å². The number of thioether (sulfide) groups is 1. The second-order valence-electron chi connectivity index (χ2n) is 7.38. The molecule has 0 unspecified atom stereocenters. The first kappa shape index (κ1) is 21.4. The molecule has 0 aromatic heterocycles. The van der Waals surface area contributed by atoms with Crippen LogP contribution in [-0.2, 0) is 10.5 Å². The lowest BCUT2D eigenvalue weighted by atomic mass is 9.93. The van der Waals surface area contributed by atoms with Gasteiger partial charge in [-0.3, -0.25) is 4.79 Å². The van der Waals surface area contributed by atoms with Gasteiger partial charge in [0.1, 0.15) is 5.75 Å². The van der Waals surface area contributed by atoms with Gasteiger partial charge in [0.25, 0.3) is 0 Å². The Labute approximate surface area is 167 Å². The Balaban J connectivity index is 1.96. The number of hydrogen-bond donors (Lipinski definition) is 1. The quantitative estimate of drug-likeness (QED) is 0.648. The van der Waals surface area contributed by atoms with Gasteiger partial charge >= 0.3 is 0 Å². The SMILES string of the molecule is COc1cc(C)c([C@@H](C)NC(=O)CSCc2cccc(C)c2)cc1C(C)C. The molecule has 0 saturated carbocycles. The number of rotatable bonds is 8.